The highest BCUT2D eigenvalue weighted by molar-refractivity contribution is 5.72. The molecule has 0 radical (unpaired) electrons. The topological polar surface area (TPSA) is 69.6 Å². The fourth-order valence-corrected chi connectivity index (χ4v) is 1.32. The van der Waals surface area contributed by atoms with E-state index in [1.54, 1.807) is 0 Å². The zero-order valence-electron chi connectivity index (χ0n) is 9.15. The molecule has 0 bridgehead atoms. The summed E-state index contributed by atoms with van der Waals surface area (Å²) in [5.41, 5.74) is -0.345. The lowest BCUT2D eigenvalue weighted by atomic mass is 10.0. The molecule has 4 nitrogen and oxygen atoms in total. The van der Waals surface area contributed by atoms with Gasteiger partial charge >= 0.3 is 0 Å². The van der Waals surface area contributed by atoms with Crippen LogP contribution in [0.1, 0.15) is 18.6 Å². The molecule has 0 saturated carbocycles. The van der Waals surface area contributed by atoms with Crippen LogP contribution in [0.3, 0.4) is 0 Å². The molecule has 3 N–H and O–H groups in total. The minimum atomic E-state index is -1.60. The zero-order valence-corrected chi connectivity index (χ0v) is 9.15. The zero-order chi connectivity index (χ0) is 13.0. The van der Waals surface area contributed by atoms with Gasteiger partial charge in [0, 0.05) is 19.0 Å². The fourth-order valence-electron chi connectivity index (χ4n) is 1.32. The molecule has 2 atom stereocenters. The van der Waals surface area contributed by atoms with Crippen LogP contribution in [0.15, 0.2) is 18.2 Å². The Kier molecular flexibility index (Phi) is 4.53. The molecule has 2 unspecified atom stereocenters. The van der Waals surface area contributed by atoms with Crippen LogP contribution in [0, 0.1) is 11.6 Å². The van der Waals surface area contributed by atoms with Crippen molar-refractivity contribution in [2.45, 2.75) is 19.1 Å². The second-order valence-corrected chi connectivity index (χ2v) is 3.59. The third-order valence-corrected chi connectivity index (χ3v) is 2.22. The standard InChI is InChI=1S/C11H13F2NO3/c1-6(15)14-5-9(16)11(17)7-3-2-4-8(12)10(7)13/h2-4,9,11,16-17H,5H2,1H3,(H,14,15). The van der Waals surface area contributed by atoms with Crippen molar-refractivity contribution in [2.24, 2.45) is 0 Å². The first-order valence-corrected chi connectivity index (χ1v) is 4.98. The van der Waals surface area contributed by atoms with Gasteiger partial charge in [-0.15, -0.1) is 0 Å². The van der Waals surface area contributed by atoms with Gasteiger partial charge in [-0.1, -0.05) is 12.1 Å². The minimum absolute atomic E-state index is 0.244. The Bertz CT molecular complexity index is 412. The van der Waals surface area contributed by atoms with Crippen molar-refractivity contribution in [2.75, 3.05) is 6.54 Å². The third kappa shape index (κ3) is 3.47. The van der Waals surface area contributed by atoms with Gasteiger partial charge in [-0.25, -0.2) is 8.78 Å². The first-order chi connectivity index (χ1) is 7.93. The van der Waals surface area contributed by atoms with E-state index in [0.29, 0.717) is 0 Å². The molecule has 0 spiro atoms. The first kappa shape index (κ1) is 13.5. The van der Waals surface area contributed by atoms with E-state index in [1.165, 1.54) is 19.1 Å². The van der Waals surface area contributed by atoms with Gasteiger partial charge in [-0.05, 0) is 6.07 Å². The van der Waals surface area contributed by atoms with Gasteiger partial charge in [0.05, 0.1) is 0 Å². The smallest absolute Gasteiger partial charge is 0.216 e. The Balaban J connectivity index is 2.77. The number of rotatable bonds is 4. The number of halogens is 2. The molecule has 0 aliphatic heterocycles. The van der Waals surface area contributed by atoms with Crippen LogP contribution in [-0.4, -0.2) is 28.8 Å². The van der Waals surface area contributed by atoms with E-state index >= 15 is 0 Å². The third-order valence-electron chi connectivity index (χ3n) is 2.22. The van der Waals surface area contributed by atoms with Crippen LogP contribution >= 0.6 is 0 Å². The van der Waals surface area contributed by atoms with E-state index in [2.05, 4.69) is 5.32 Å². The van der Waals surface area contributed by atoms with Gasteiger partial charge < -0.3 is 15.5 Å². The summed E-state index contributed by atoms with van der Waals surface area (Å²) in [4.78, 5) is 10.6. The highest BCUT2D eigenvalue weighted by Crippen LogP contribution is 2.21. The molecule has 0 aromatic heterocycles. The van der Waals surface area contributed by atoms with E-state index in [9.17, 15) is 23.8 Å². The Morgan fingerprint density at radius 3 is 2.65 bits per heavy atom. The summed E-state index contributed by atoms with van der Waals surface area (Å²) in [6.45, 7) is 0.994. The highest BCUT2D eigenvalue weighted by Gasteiger charge is 2.23. The van der Waals surface area contributed by atoms with Gasteiger partial charge in [0.2, 0.25) is 5.91 Å². The number of carbonyl (C=O) groups is 1. The van der Waals surface area contributed by atoms with Gasteiger partial charge in [0.15, 0.2) is 11.6 Å². The predicted octanol–water partition coefficient (Wildman–Crippen LogP) is 0.495. The molecule has 1 aromatic carbocycles. The van der Waals surface area contributed by atoms with E-state index < -0.39 is 29.7 Å². The molecular formula is C11H13F2NO3. The molecule has 0 saturated heterocycles. The van der Waals surface area contributed by atoms with Gasteiger partial charge in [0.25, 0.3) is 0 Å². The maximum Gasteiger partial charge on any atom is 0.216 e. The Morgan fingerprint density at radius 2 is 2.06 bits per heavy atom. The number of nitrogens with one attached hydrogen (secondary N) is 1. The lowest BCUT2D eigenvalue weighted by molar-refractivity contribution is -0.119. The number of hydrogen-bond acceptors (Lipinski definition) is 3. The van der Waals surface area contributed by atoms with Crippen LogP contribution in [0.5, 0.6) is 0 Å². The van der Waals surface area contributed by atoms with E-state index in [4.69, 9.17) is 0 Å². The molecular weight excluding hydrogens is 232 g/mol. The van der Waals surface area contributed by atoms with E-state index in [1.807, 2.05) is 0 Å². The summed E-state index contributed by atoms with van der Waals surface area (Å²) in [6, 6.07) is 3.30. The summed E-state index contributed by atoms with van der Waals surface area (Å²) >= 11 is 0. The summed E-state index contributed by atoms with van der Waals surface area (Å²) in [5, 5.41) is 21.3. The highest BCUT2D eigenvalue weighted by atomic mass is 19.2. The maximum atomic E-state index is 13.3. The maximum absolute atomic E-state index is 13.3. The second kappa shape index (κ2) is 5.70. The first-order valence-electron chi connectivity index (χ1n) is 4.98. The van der Waals surface area contributed by atoms with Crippen molar-refractivity contribution in [1.82, 2.24) is 5.32 Å². The predicted molar refractivity (Wildman–Crippen MR) is 56.0 cm³/mol. The van der Waals surface area contributed by atoms with Crippen molar-refractivity contribution >= 4 is 5.91 Å². The Hall–Kier alpha value is -1.53. The molecule has 94 valence electrons. The van der Waals surface area contributed by atoms with Gasteiger partial charge in [0.1, 0.15) is 12.2 Å². The van der Waals surface area contributed by atoms with Crippen LogP contribution in [0.2, 0.25) is 0 Å². The quantitative estimate of drug-likeness (QED) is 0.723. The molecule has 17 heavy (non-hydrogen) atoms. The lowest BCUT2D eigenvalue weighted by Crippen LogP contribution is -2.34. The van der Waals surface area contributed by atoms with Crippen LogP contribution in [0.25, 0.3) is 0 Å². The van der Waals surface area contributed by atoms with Gasteiger partial charge in [-0.2, -0.15) is 0 Å². The second-order valence-electron chi connectivity index (χ2n) is 3.59. The van der Waals surface area contributed by atoms with Crippen molar-refractivity contribution in [3.63, 3.8) is 0 Å². The Labute approximate surface area is 96.9 Å². The van der Waals surface area contributed by atoms with Gasteiger partial charge in [-0.3, -0.25) is 4.79 Å². The Morgan fingerprint density at radius 1 is 1.41 bits per heavy atom. The number of aliphatic hydroxyl groups excluding tert-OH is 2. The minimum Gasteiger partial charge on any atom is -0.388 e. The van der Waals surface area contributed by atoms with Crippen molar-refractivity contribution in [3.8, 4) is 0 Å². The molecule has 1 aromatic rings. The summed E-state index contributed by atoms with van der Waals surface area (Å²) < 4.78 is 26.2. The van der Waals surface area contributed by atoms with Crippen molar-refractivity contribution in [3.05, 3.63) is 35.4 Å². The van der Waals surface area contributed by atoms with Crippen molar-refractivity contribution < 1.29 is 23.8 Å². The average molecular weight is 245 g/mol. The molecule has 0 aliphatic carbocycles. The number of carbonyl (C=O) groups excluding carboxylic acids is 1. The normalized spacial score (nSPS) is 14.2. The average Bonchev–Trinajstić information content (AvgIpc) is 2.28. The molecule has 0 fully saturated rings. The number of amides is 1. The largest absolute Gasteiger partial charge is 0.388 e. The molecule has 0 heterocycles. The summed E-state index contributed by atoms with van der Waals surface area (Å²) in [5.74, 6) is -2.70. The SMILES string of the molecule is CC(=O)NCC(O)C(O)c1cccc(F)c1F. The molecule has 1 rings (SSSR count). The molecule has 6 heteroatoms. The number of aliphatic hydroxyl groups is 2. The van der Waals surface area contributed by atoms with E-state index in [-0.39, 0.29) is 12.1 Å². The number of hydrogen-bond donors (Lipinski definition) is 3. The van der Waals surface area contributed by atoms with Crippen molar-refractivity contribution in [1.29, 1.82) is 0 Å². The van der Waals surface area contributed by atoms with E-state index in [0.717, 1.165) is 6.07 Å². The van der Waals surface area contributed by atoms with Crippen LogP contribution in [-0.2, 0) is 4.79 Å². The molecule has 1 amide bonds. The lowest BCUT2D eigenvalue weighted by Gasteiger charge is -2.18. The summed E-state index contributed by atoms with van der Waals surface area (Å²) in [6.07, 6.45) is -3.01. The fraction of sp³-hybridized carbons (Fsp3) is 0.364. The molecule has 0 aliphatic rings. The van der Waals surface area contributed by atoms with Crippen LogP contribution < -0.4 is 5.32 Å². The monoisotopic (exact) mass is 245 g/mol. The summed E-state index contributed by atoms with van der Waals surface area (Å²) in [7, 11) is 0. The van der Waals surface area contributed by atoms with Crippen LogP contribution in [0.4, 0.5) is 8.78 Å². The number of benzene rings is 1.